The molecule has 1 aromatic carbocycles. The van der Waals surface area contributed by atoms with Gasteiger partial charge in [-0.3, -0.25) is 4.79 Å². The normalized spacial score (nSPS) is 11.2. The molecule has 3 aromatic rings. The number of H-pyrrole nitrogens is 2. The standard InChI is InChI=1S/C12H7FN2O3/c13-5-1-2-8-6(3-5)9-7(12(17)18)4-14-10(9)11(16)15-8/h1-4,14H,(H,15,16)(H,17,18). The molecule has 0 bridgehead atoms. The van der Waals surface area contributed by atoms with Crippen LogP contribution in [0.2, 0.25) is 0 Å². The molecule has 18 heavy (non-hydrogen) atoms. The number of nitrogens with one attached hydrogen (secondary N) is 2. The third kappa shape index (κ3) is 1.32. The van der Waals surface area contributed by atoms with Crippen LogP contribution in [-0.4, -0.2) is 21.0 Å². The van der Waals surface area contributed by atoms with Gasteiger partial charge in [0, 0.05) is 22.5 Å². The van der Waals surface area contributed by atoms with Gasteiger partial charge in [0.2, 0.25) is 0 Å². The molecule has 0 saturated heterocycles. The van der Waals surface area contributed by atoms with Crippen molar-refractivity contribution in [2.75, 3.05) is 0 Å². The van der Waals surface area contributed by atoms with Crippen molar-refractivity contribution in [1.82, 2.24) is 9.97 Å². The van der Waals surface area contributed by atoms with E-state index in [1.54, 1.807) is 0 Å². The number of hydrogen-bond acceptors (Lipinski definition) is 2. The zero-order valence-electron chi connectivity index (χ0n) is 8.95. The van der Waals surface area contributed by atoms with Gasteiger partial charge >= 0.3 is 5.97 Å². The molecule has 5 nitrogen and oxygen atoms in total. The highest BCUT2D eigenvalue weighted by Gasteiger charge is 2.16. The number of pyridine rings is 1. The van der Waals surface area contributed by atoms with Crippen LogP contribution in [0.15, 0.2) is 29.2 Å². The van der Waals surface area contributed by atoms with E-state index in [4.69, 9.17) is 5.11 Å². The number of hydrogen-bond donors (Lipinski definition) is 3. The SMILES string of the molecule is O=C(O)c1c[nH]c2c(=O)[nH]c3ccc(F)cc3c12. The maximum absolute atomic E-state index is 13.3. The molecule has 0 aliphatic rings. The Balaban J connectivity index is 2.64. The number of carbonyl (C=O) groups is 1. The molecule has 0 aliphatic carbocycles. The summed E-state index contributed by atoms with van der Waals surface area (Å²) in [4.78, 5) is 28.0. The van der Waals surface area contributed by atoms with Gasteiger partial charge in [-0.25, -0.2) is 9.18 Å². The number of aromatic carboxylic acids is 1. The van der Waals surface area contributed by atoms with E-state index in [9.17, 15) is 14.0 Å². The van der Waals surface area contributed by atoms with Gasteiger partial charge in [-0.15, -0.1) is 0 Å². The third-order valence-electron chi connectivity index (χ3n) is 2.84. The summed E-state index contributed by atoms with van der Waals surface area (Å²) in [7, 11) is 0. The topological polar surface area (TPSA) is 85.9 Å². The van der Waals surface area contributed by atoms with Crippen molar-refractivity contribution in [3.63, 3.8) is 0 Å². The van der Waals surface area contributed by atoms with Crippen molar-refractivity contribution in [2.45, 2.75) is 0 Å². The van der Waals surface area contributed by atoms with Crippen LogP contribution in [0, 0.1) is 5.82 Å². The lowest BCUT2D eigenvalue weighted by molar-refractivity contribution is 0.0699. The fourth-order valence-corrected chi connectivity index (χ4v) is 2.07. The van der Waals surface area contributed by atoms with Gasteiger partial charge in [0.25, 0.3) is 5.56 Å². The van der Waals surface area contributed by atoms with Crippen molar-refractivity contribution in [2.24, 2.45) is 0 Å². The van der Waals surface area contributed by atoms with E-state index in [0.717, 1.165) is 0 Å². The zero-order chi connectivity index (χ0) is 12.9. The highest BCUT2D eigenvalue weighted by molar-refractivity contribution is 6.14. The van der Waals surface area contributed by atoms with Crippen molar-refractivity contribution >= 4 is 27.8 Å². The monoisotopic (exact) mass is 246 g/mol. The first-order chi connectivity index (χ1) is 8.58. The van der Waals surface area contributed by atoms with Gasteiger partial charge in [-0.2, -0.15) is 0 Å². The Kier molecular flexibility index (Phi) is 2.00. The number of carboxylic acids is 1. The summed E-state index contributed by atoms with van der Waals surface area (Å²) in [5.41, 5.74) is 0.0461. The lowest BCUT2D eigenvalue weighted by Gasteiger charge is -2.01. The van der Waals surface area contributed by atoms with Crippen LogP contribution < -0.4 is 5.56 Å². The molecule has 6 heteroatoms. The summed E-state index contributed by atoms with van der Waals surface area (Å²) >= 11 is 0. The van der Waals surface area contributed by atoms with Crippen LogP contribution in [0.5, 0.6) is 0 Å². The maximum Gasteiger partial charge on any atom is 0.337 e. The van der Waals surface area contributed by atoms with E-state index in [1.165, 1.54) is 24.4 Å². The molecular formula is C12H7FN2O3. The Morgan fingerprint density at radius 2 is 2.11 bits per heavy atom. The number of aromatic amines is 2. The van der Waals surface area contributed by atoms with Gasteiger partial charge in [-0.1, -0.05) is 0 Å². The Labute approximate surface area is 98.9 Å². The van der Waals surface area contributed by atoms with E-state index in [-0.39, 0.29) is 16.5 Å². The molecule has 0 amide bonds. The van der Waals surface area contributed by atoms with Crippen molar-refractivity contribution in [3.05, 3.63) is 46.1 Å². The third-order valence-corrected chi connectivity index (χ3v) is 2.84. The van der Waals surface area contributed by atoms with Crippen LogP contribution in [0.3, 0.4) is 0 Å². The molecule has 0 fully saturated rings. The summed E-state index contributed by atoms with van der Waals surface area (Å²) in [5, 5.41) is 9.65. The van der Waals surface area contributed by atoms with E-state index < -0.39 is 17.3 Å². The molecule has 0 radical (unpaired) electrons. The van der Waals surface area contributed by atoms with E-state index in [2.05, 4.69) is 9.97 Å². The van der Waals surface area contributed by atoms with Crippen molar-refractivity contribution in [3.8, 4) is 0 Å². The first-order valence-corrected chi connectivity index (χ1v) is 5.14. The highest BCUT2D eigenvalue weighted by Crippen LogP contribution is 2.25. The maximum atomic E-state index is 13.3. The van der Waals surface area contributed by atoms with E-state index >= 15 is 0 Å². The fourth-order valence-electron chi connectivity index (χ4n) is 2.07. The Hall–Kier alpha value is -2.63. The Morgan fingerprint density at radius 3 is 2.83 bits per heavy atom. The Morgan fingerprint density at radius 1 is 1.33 bits per heavy atom. The Bertz CT molecular complexity index is 848. The lowest BCUT2D eigenvalue weighted by atomic mass is 10.1. The second-order valence-corrected chi connectivity index (χ2v) is 3.90. The van der Waals surface area contributed by atoms with Crippen molar-refractivity contribution in [1.29, 1.82) is 0 Å². The lowest BCUT2D eigenvalue weighted by Crippen LogP contribution is -2.07. The molecule has 0 saturated carbocycles. The van der Waals surface area contributed by atoms with Crippen LogP contribution in [-0.2, 0) is 0 Å². The van der Waals surface area contributed by atoms with Gasteiger partial charge in [0.05, 0.1) is 5.56 Å². The average molecular weight is 246 g/mol. The minimum Gasteiger partial charge on any atom is -0.478 e. The van der Waals surface area contributed by atoms with Gasteiger partial charge < -0.3 is 15.1 Å². The molecule has 3 rings (SSSR count). The summed E-state index contributed by atoms with van der Waals surface area (Å²) < 4.78 is 13.3. The average Bonchev–Trinajstić information content (AvgIpc) is 2.76. The first kappa shape index (κ1) is 10.5. The smallest absolute Gasteiger partial charge is 0.337 e. The number of benzene rings is 1. The molecule has 0 unspecified atom stereocenters. The zero-order valence-corrected chi connectivity index (χ0v) is 8.95. The molecule has 0 aliphatic heterocycles. The highest BCUT2D eigenvalue weighted by atomic mass is 19.1. The van der Waals surface area contributed by atoms with Crippen LogP contribution in [0.25, 0.3) is 21.8 Å². The molecule has 90 valence electrons. The van der Waals surface area contributed by atoms with Crippen LogP contribution in [0.4, 0.5) is 4.39 Å². The number of aromatic nitrogens is 2. The first-order valence-electron chi connectivity index (χ1n) is 5.14. The summed E-state index contributed by atoms with van der Waals surface area (Å²) in [6.45, 7) is 0. The molecular weight excluding hydrogens is 239 g/mol. The van der Waals surface area contributed by atoms with Crippen LogP contribution >= 0.6 is 0 Å². The number of rotatable bonds is 1. The van der Waals surface area contributed by atoms with Crippen LogP contribution in [0.1, 0.15) is 10.4 Å². The summed E-state index contributed by atoms with van der Waals surface area (Å²) in [6, 6.07) is 3.81. The number of halogens is 1. The quantitative estimate of drug-likeness (QED) is 0.612. The number of fused-ring (bicyclic) bond motifs is 3. The van der Waals surface area contributed by atoms with Gasteiger partial charge in [-0.05, 0) is 18.2 Å². The predicted molar refractivity (Wildman–Crippen MR) is 63.3 cm³/mol. The molecule has 2 heterocycles. The van der Waals surface area contributed by atoms with E-state index in [1.807, 2.05) is 0 Å². The fraction of sp³-hybridized carbons (Fsp3) is 0. The summed E-state index contributed by atoms with van der Waals surface area (Å²) in [5.74, 6) is -1.66. The largest absolute Gasteiger partial charge is 0.478 e. The predicted octanol–water partition coefficient (Wildman–Crippen LogP) is 1.85. The molecule has 0 spiro atoms. The molecule has 0 atom stereocenters. The minimum absolute atomic E-state index is 0.0494. The van der Waals surface area contributed by atoms with E-state index in [0.29, 0.717) is 10.9 Å². The molecule has 2 aromatic heterocycles. The summed E-state index contributed by atoms with van der Waals surface area (Å²) in [6.07, 6.45) is 1.23. The second-order valence-electron chi connectivity index (χ2n) is 3.90. The van der Waals surface area contributed by atoms with Gasteiger partial charge in [0.15, 0.2) is 0 Å². The number of carboxylic acid groups (broad SMARTS) is 1. The minimum atomic E-state index is -1.17. The van der Waals surface area contributed by atoms with Crippen molar-refractivity contribution < 1.29 is 14.3 Å². The second kappa shape index (κ2) is 3.43. The molecule has 3 N–H and O–H groups in total. The van der Waals surface area contributed by atoms with Gasteiger partial charge in [0.1, 0.15) is 11.3 Å².